The number of carbonyl (C=O) groups is 1. The summed E-state index contributed by atoms with van der Waals surface area (Å²) in [5.74, 6) is -0.595. The molecule has 1 saturated carbocycles. The number of rotatable bonds is 4. The van der Waals surface area contributed by atoms with Gasteiger partial charge in [-0.05, 0) is 26.7 Å². The fourth-order valence-electron chi connectivity index (χ4n) is 3.51. The first-order chi connectivity index (χ1) is 12.7. The van der Waals surface area contributed by atoms with Crippen LogP contribution in [0, 0.1) is 6.92 Å². The SMILES string of the molecule is Cc1nn(C)c2nc(OC(C)C(=O)NC3CCCCC3)cc(C(F)(F)F)c12. The normalized spacial score (nSPS) is 17.1. The van der Waals surface area contributed by atoms with E-state index >= 15 is 0 Å². The highest BCUT2D eigenvalue weighted by Crippen LogP contribution is 2.37. The molecule has 3 rings (SSSR count). The molecule has 0 aliphatic heterocycles. The third-order valence-electron chi connectivity index (χ3n) is 4.87. The van der Waals surface area contributed by atoms with Crippen LogP contribution < -0.4 is 10.1 Å². The van der Waals surface area contributed by atoms with Crippen molar-refractivity contribution in [3.63, 3.8) is 0 Å². The van der Waals surface area contributed by atoms with Crippen molar-refractivity contribution in [2.24, 2.45) is 7.05 Å². The molecule has 0 saturated heterocycles. The van der Waals surface area contributed by atoms with Crippen molar-refractivity contribution in [3.8, 4) is 5.88 Å². The number of pyridine rings is 1. The molecule has 1 fully saturated rings. The highest BCUT2D eigenvalue weighted by Gasteiger charge is 2.36. The number of fused-ring (bicyclic) bond motifs is 1. The molecule has 27 heavy (non-hydrogen) atoms. The predicted octanol–water partition coefficient (Wildman–Crippen LogP) is 3.51. The Morgan fingerprint density at radius 1 is 1.33 bits per heavy atom. The van der Waals surface area contributed by atoms with Crippen molar-refractivity contribution in [3.05, 3.63) is 17.3 Å². The van der Waals surface area contributed by atoms with Crippen LogP contribution in [0.25, 0.3) is 11.0 Å². The number of aryl methyl sites for hydroxylation is 2. The number of carbonyl (C=O) groups excluding carboxylic acids is 1. The zero-order valence-electron chi connectivity index (χ0n) is 15.6. The third kappa shape index (κ3) is 4.17. The van der Waals surface area contributed by atoms with E-state index in [1.165, 1.54) is 25.6 Å². The molecule has 1 unspecified atom stereocenters. The van der Waals surface area contributed by atoms with Crippen LogP contribution in [0.5, 0.6) is 5.88 Å². The molecule has 9 heteroatoms. The second-order valence-corrected chi connectivity index (χ2v) is 7.02. The lowest BCUT2D eigenvalue weighted by atomic mass is 9.95. The van der Waals surface area contributed by atoms with Gasteiger partial charge in [-0.2, -0.15) is 23.3 Å². The fourth-order valence-corrected chi connectivity index (χ4v) is 3.51. The van der Waals surface area contributed by atoms with E-state index < -0.39 is 17.8 Å². The number of aromatic nitrogens is 3. The molecule has 0 spiro atoms. The van der Waals surface area contributed by atoms with E-state index in [4.69, 9.17) is 4.74 Å². The van der Waals surface area contributed by atoms with E-state index in [9.17, 15) is 18.0 Å². The van der Waals surface area contributed by atoms with E-state index in [-0.39, 0.29) is 34.6 Å². The van der Waals surface area contributed by atoms with Gasteiger partial charge in [0.2, 0.25) is 5.88 Å². The number of halogens is 3. The second-order valence-electron chi connectivity index (χ2n) is 7.02. The smallest absolute Gasteiger partial charge is 0.417 e. The highest BCUT2D eigenvalue weighted by atomic mass is 19.4. The minimum Gasteiger partial charge on any atom is -0.464 e. The first-order valence-corrected chi connectivity index (χ1v) is 9.05. The van der Waals surface area contributed by atoms with Crippen LogP contribution in [0.3, 0.4) is 0 Å². The predicted molar refractivity (Wildman–Crippen MR) is 93.4 cm³/mol. The van der Waals surface area contributed by atoms with Gasteiger partial charge in [0.25, 0.3) is 5.91 Å². The van der Waals surface area contributed by atoms with Crippen molar-refractivity contribution in [2.75, 3.05) is 0 Å². The Balaban J connectivity index is 1.83. The van der Waals surface area contributed by atoms with Crippen LogP contribution in [-0.2, 0) is 18.0 Å². The van der Waals surface area contributed by atoms with Gasteiger partial charge in [0.15, 0.2) is 11.8 Å². The van der Waals surface area contributed by atoms with Crippen molar-refractivity contribution < 1.29 is 22.7 Å². The van der Waals surface area contributed by atoms with Gasteiger partial charge in [0.05, 0.1) is 16.6 Å². The van der Waals surface area contributed by atoms with E-state index in [1.54, 1.807) is 0 Å². The van der Waals surface area contributed by atoms with E-state index in [2.05, 4.69) is 15.4 Å². The number of nitrogens with one attached hydrogen (secondary N) is 1. The molecule has 1 atom stereocenters. The Hall–Kier alpha value is -2.32. The largest absolute Gasteiger partial charge is 0.464 e. The molecule has 2 heterocycles. The summed E-state index contributed by atoms with van der Waals surface area (Å²) in [5, 5.41) is 6.86. The zero-order chi connectivity index (χ0) is 19.8. The Morgan fingerprint density at radius 3 is 2.63 bits per heavy atom. The molecule has 0 aromatic carbocycles. The van der Waals surface area contributed by atoms with Crippen molar-refractivity contribution in [1.82, 2.24) is 20.1 Å². The first-order valence-electron chi connectivity index (χ1n) is 9.05. The maximum Gasteiger partial charge on any atom is 0.417 e. The summed E-state index contributed by atoms with van der Waals surface area (Å²) >= 11 is 0. The molecule has 1 N–H and O–H groups in total. The second kappa shape index (κ2) is 7.36. The fraction of sp³-hybridized carbons (Fsp3) is 0.611. The Morgan fingerprint density at radius 2 is 2.00 bits per heavy atom. The van der Waals surface area contributed by atoms with Gasteiger partial charge in [-0.3, -0.25) is 9.48 Å². The molecular weight excluding hydrogens is 361 g/mol. The molecule has 1 aliphatic rings. The minimum absolute atomic E-state index is 0.0586. The standard InChI is InChI=1S/C18H23F3N4O2/c1-10-15-13(18(19,20)21)9-14(23-16(15)25(3)24-10)27-11(2)17(26)22-12-7-5-4-6-8-12/h9,11-12H,4-8H2,1-3H3,(H,22,26). The third-order valence-corrected chi connectivity index (χ3v) is 4.87. The number of nitrogens with zero attached hydrogens (tertiary/aromatic N) is 3. The summed E-state index contributed by atoms with van der Waals surface area (Å²) in [5.41, 5.74) is -0.563. The van der Waals surface area contributed by atoms with Gasteiger partial charge in [0.1, 0.15) is 0 Å². The van der Waals surface area contributed by atoms with Crippen LogP contribution in [0.2, 0.25) is 0 Å². The number of hydrogen-bond acceptors (Lipinski definition) is 4. The number of hydrogen-bond donors (Lipinski definition) is 1. The summed E-state index contributed by atoms with van der Waals surface area (Å²) < 4.78 is 47.2. The van der Waals surface area contributed by atoms with Crippen molar-refractivity contribution in [2.45, 2.75) is 64.3 Å². The summed E-state index contributed by atoms with van der Waals surface area (Å²) in [6.07, 6.45) is -0.426. The van der Waals surface area contributed by atoms with Gasteiger partial charge in [-0.15, -0.1) is 0 Å². The van der Waals surface area contributed by atoms with Crippen molar-refractivity contribution >= 4 is 16.9 Å². The average Bonchev–Trinajstić information content (AvgIpc) is 2.88. The highest BCUT2D eigenvalue weighted by molar-refractivity contribution is 5.84. The molecule has 2 aromatic heterocycles. The number of alkyl halides is 3. The summed E-state index contributed by atoms with van der Waals surface area (Å²) in [7, 11) is 1.52. The van der Waals surface area contributed by atoms with E-state index in [1.807, 2.05) is 0 Å². The monoisotopic (exact) mass is 384 g/mol. The van der Waals surface area contributed by atoms with E-state index in [0.717, 1.165) is 38.2 Å². The zero-order valence-corrected chi connectivity index (χ0v) is 15.6. The molecule has 6 nitrogen and oxygen atoms in total. The van der Waals surface area contributed by atoms with Gasteiger partial charge in [0, 0.05) is 19.2 Å². The average molecular weight is 384 g/mol. The van der Waals surface area contributed by atoms with Crippen LogP contribution in [0.15, 0.2) is 6.07 Å². The van der Waals surface area contributed by atoms with E-state index in [0.29, 0.717) is 0 Å². The summed E-state index contributed by atoms with van der Waals surface area (Å²) in [6.45, 7) is 3.01. The van der Waals surface area contributed by atoms with Gasteiger partial charge in [-0.25, -0.2) is 0 Å². The Labute approximate surface area is 155 Å². The molecule has 2 aromatic rings. The van der Waals surface area contributed by atoms with Crippen LogP contribution in [0.1, 0.15) is 50.3 Å². The van der Waals surface area contributed by atoms with Gasteiger partial charge in [-0.1, -0.05) is 19.3 Å². The topological polar surface area (TPSA) is 69.0 Å². The summed E-state index contributed by atoms with van der Waals surface area (Å²) in [6, 6.07) is 0.930. The lowest BCUT2D eigenvalue weighted by Gasteiger charge is -2.24. The molecular formula is C18H23F3N4O2. The molecule has 1 aliphatic carbocycles. The van der Waals surface area contributed by atoms with Crippen molar-refractivity contribution in [1.29, 1.82) is 0 Å². The molecule has 1 amide bonds. The maximum absolute atomic E-state index is 13.5. The maximum atomic E-state index is 13.5. The van der Waals surface area contributed by atoms with Crippen LogP contribution in [-0.4, -0.2) is 32.8 Å². The molecule has 0 bridgehead atoms. The Kier molecular flexibility index (Phi) is 5.30. The Bertz CT molecular complexity index is 841. The quantitative estimate of drug-likeness (QED) is 0.876. The van der Waals surface area contributed by atoms with Crippen LogP contribution in [0.4, 0.5) is 13.2 Å². The molecule has 0 radical (unpaired) electrons. The minimum atomic E-state index is -4.58. The van der Waals surface area contributed by atoms with Gasteiger partial charge >= 0.3 is 6.18 Å². The number of amides is 1. The molecule has 148 valence electrons. The summed E-state index contributed by atoms with van der Waals surface area (Å²) in [4.78, 5) is 16.5. The first kappa shape index (κ1) is 19.4. The lowest BCUT2D eigenvalue weighted by Crippen LogP contribution is -2.43. The van der Waals surface area contributed by atoms with Crippen LogP contribution >= 0.6 is 0 Å². The van der Waals surface area contributed by atoms with Gasteiger partial charge < -0.3 is 10.1 Å². The number of ether oxygens (including phenoxy) is 1. The lowest BCUT2D eigenvalue weighted by molar-refractivity contribution is -0.136.